The van der Waals surface area contributed by atoms with E-state index in [1.807, 2.05) is 25.1 Å². The number of nitrogens with zero attached hydrogens (tertiary/aromatic N) is 1. The van der Waals surface area contributed by atoms with Crippen LogP contribution < -0.4 is 5.32 Å². The molecule has 0 spiro atoms. The van der Waals surface area contributed by atoms with Crippen LogP contribution in [0.15, 0.2) is 24.3 Å². The van der Waals surface area contributed by atoms with E-state index in [0.717, 1.165) is 18.5 Å². The lowest BCUT2D eigenvalue weighted by Gasteiger charge is -2.15. The van der Waals surface area contributed by atoms with Crippen molar-refractivity contribution in [1.29, 1.82) is 5.26 Å². The van der Waals surface area contributed by atoms with Crippen LogP contribution in [0.4, 0.5) is 5.69 Å². The molecule has 80 valence electrons. The number of nitriles is 1. The Balaban J connectivity index is 2.60. The first-order valence-electron chi connectivity index (χ1n) is 5.14. The topological polar surface area (TPSA) is 56.0 Å². The van der Waals surface area contributed by atoms with Gasteiger partial charge in [-0.05, 0) is 31.9 Å². The van der Waals surface area contributed by atoms with Crippen LogP contribution in [0.25, 0.3) is 0 Å². The van der Waals surface area contributed by atoms with Gasteiger partial charge in [0, 0.05) is 12.6 Å². The predicted octanol–water partition coefficient (Wildman–Crippen LogP) is 2.13. The molecule has 0 aromatic heterocycles. The van der Waals surface area contributed by atoms with Gasteiger partial charge >= 0.3 is 0 Å². The van der Waals surface area contributed by atoms with Gasteiger partial charge in [0.05, 0.1) is 11.3 Å². The number of nitrogens with one attached hydrogen (secondary N) is 1. The summed E-state index contributed by atoms with van der Waals surface area (Å²) in [7, 11) is 0. The van der Waals surface area contributed by atoms with E-state index in [1.54, 1.807) is 6.07 Å². The van der Waals surface area contributed by atoms with Crippen molar-refractivity contribution in [2.75, 3.05) is 11.9 Å². The second-order valence-corrected chi connectivity index (χ2v) is 3.57. The fraction of sp³-hybridized carbons (Fsp3) is 0.417. The SMILES string of the molecule is CC(CCCO)Nc1ccccc1C#N. The highest BCUT2D eigenvalue weighted by Crippen LogP contribution is 2.15. The highest BCUT2D eigenvalue weighted by Gasteiger charge is 2.04. The zero-order valence-electron chi connectivity index (χ0n) is 8.90. The largest absolute Gasteiger partial charge is 0.396 e. The first-order chi connectivity index (χ1) is 7.27. The minimum atomic E-state index is 0.214. The van der Waals surface area contributed by atoms with Crippen LogP contribution in [-0.4, -0.2) is 17.8 Å². The Morgan fingerprint density at radius 2 is 2.20 bits per heavy atom. The van der Waals surface area contributed by atoms with Gasteiger partial charge in [-0.2, -0.15) is 5.26 Å². The summed E-state index contributed by atoms with van der Waals surface area (Å²) < 4.78 is 0. The van der Waals surface area contributed by atoms with Gasteiger partial charge in [0.25, 0.3) is 0 Å². The quantitative estimate of drug-likeness (QED) is 0.772. The van der Waals surface area contributed by atoms with Gasteiger partial charge in [0.1, 0.15) is 6.07 Å². The van der Waals surface area contributed by atoms with Crippen molar-refractivity contribution in [1.82, 2.24) is 0 Å². The van der Waals surface area contributed by atoms with E-state index in [4.69, 9.17) is 10.4 Å². The number of aliphatic hydroxyl groups excluding tert-OH is 1. The summed E-state index contributed by atoms with van der Waals surface area (Å²) in [5.74, 6) is 0. The maximum Gasteiger partial charge on any atom is 0.101 e. The van der Waals surface area contributed by atoms with Gasteiger partial charge in [-0.1, -0.05) is 12.1 Å². The van der Waals surface area contributed by atoms with Crippen molar-refractivity contribution in [3.05, 3.63) is 29.8 Å². The number of para-hydroxylation sites is 1. The fourth-order valence-electron chi connectivity index (χ4n) is 1.44. The van der Waals surface area contributed by atoms with Crippen LogP contribution in [0, 0.1) is 11.3 Å². The van der Waals surface area contributed by atoms with Crippen LogP contribution in [0.5, 0.6) is 0 Å². The average Bonchev–Trinajstić information content (AvgIpc) is 2.27. The second-order valence-electron chi connectivity index (χ2n) is 3.57. The Morgan fingerprint density at radius 1 is 1.47 bits per heavy atom. The number of hydrogen-bond acceptors (Lipinski definition) is 3. The highest BCUT2D eigenvalue weighted by atomic mass is 16.2. The Hall–Kier alpha value is -1.53. The van der Waals surface area contributed by atoms with Crippen LogP contribution in [0.1, 0.15) is 25.3 Å². The van der Waals surface area contributed by atoms with Gasteiger partial charge in [-0.15, -0.1) is 0 Å². The van der Waals surface area contributed by atoms with E-state index < -0.39 is 0 Å². The molecule has 1 unspecified atom stereocenters. The number of rotatable bonds is 5. The molecule has 1 aromatic carbocycles. The van der Waals surface area contributed by atoms with E-state index in [1.165, 1.54) is 0 Å². The lowest BCUT2D eigenvalue weighted by Crippen LogP contribution is -2.16. The summed E-state index contributed by atoms with van der Waals surface area (Å²) >= 11 is 0. The van der Waals surface area contributed by atoms with Crippen molar-refractivity contribution >= 4 is 5.69 Å². The summed E-state index contributed by atoms with van der Waals surface area (Å²) in [6.45, 7) is 2.26. The molecule has 0 aliphatic heterocycles. The molecule has 0 saturated heterocycles. The zero-order chi connectivity index (χ0) is 11.1. The second kappa shape index (κ2) is 6.05. The lowest BCUT2D eigenvalue weighted by atomic mass is 10.1. The standard InChI is InChI=1S/C12H16N2O/c1-10(5-4-8-15)14-12-7-3-2-6-11(12)9-13/h2-3,6-7,10,14-15H,4-5,8H2,1H3. The molecule has 0 fully saturated rings. The van der Waals surface area contributed by atoms with Crippen molar-refractivity contribution in [3.8, 4) is 6.07 Å². The molecule has 1 atom stereocenters. The van der Waals surface area contributed by atoms with Crippen LogP contribution >= 0.6 is 0 Å². The minimum Gasteiger partial charge on any atom is -0.396 e. The first kappa shape index (κ1) is 11.5. The summed E-state index contributed by atoms with van der Waals surface area (Å²) in [6.07, 6.45) is 1.68. The Kier molecular flexibility index (Phi) is 4.65. The summed E-state index contributed by atoms with van der Waals surface area (Å²) in [4.78, 5) is 0. The molecular formula is C12H16N2O. The number of benzene rings is 1. The van der Waals surface area contributed by atoms with Gasteiger partial charge < -0.3 is 10.4 Å². The monoisotopic (exact) mass is 204 g/mol. The Bertz CT molecular complexity index is 344. The van der Waals surface area contributed by atoms with Gasteiger partial charge in [0.15, 0.2) is 0 Å². The Labute approximate surface area is 90.4 Å². The molecule has 3 heteroatoms. The van der Waals surface area contributed by atoms with E-state index in [2.05, 4.69) is 11.4 Å². The van der Waals surface area contributed by atoms with Crippen molar-refractivity contribution in [2.45, 2.75) is 25.8 Å². The first-order valence-corrected chi connectivity index (χ1v) is 5.14. The molecule has 1 aromatic rings. The third-order valence-corrected chi connectivity index (χ3v) is 2.24. The van der Waals surface area contributed by atoms with E-state index in [0.29, 0.717) is 5.56 Å². The molecule has 0 aliphatic rings. The molecule has 0 amide bonds. The Morgan fingerprint density at radius 3 is 2.87 bits per heavy atom. The smallest absolute Gasteiger partial charge is 0.101 e. The molecule has 0 bridgehead atoms. The maximum absolute atomic E-state index is 8.88. The van der Waals surface area contributed by atoms with Gasteiger partial charge in [-0.25, -0.2) is 0 Å². The fourth-order valence-corrected chi connectivity index (χ4v) is 1.44. The summed E-state index contributed by atoms with van der Waals surface area (Å²) in [6, 6.07) is 9.86. The van der Waals surface area contributed by atoms with Crippen LogP contribution in [-0.2, 0) is 0 Å². The van der Waals surface area contributed by atoms with Crippen molar-refractivity contribution < 1.29 is 5.11 Å². The molecule has 0 heterocycles. The highest BCUT2D eigenvalue weighted by molar-refractivity contribution is 5.57. The number of hydrogen-bond donors (Lipinski definition) is 2. The molecule has 0 aliphatic carbocycles. The maximum atomic E-state index is 8.88. The number of aliphatic hydroxyl groups is 1. The van der Waals surface area contributed by atoms with Crippen LogP contribution in [0.3, 0.4) is 0 Å². The third-order valence-electron chi connectivity index (χ3n) is 2.24. The normalized spacial score (nSPS) is 11.8. The van der Waals surface area contributed by atoms with Crippen molar-refractivity contribution in [3.63, 3.8) is 0 Å². The molecule has 15 heavy (non-hydrogen) atoms. The number of anilines is 1. The van der Waals surface area contributed by atoms with Crippen LogP contribution in [0.2, 0.25) is 0 Å². The molecule has 3 nitrogen and oxygen atoms in total. The molecule has 0 radical (unpaired) electrons. The minimum absolute atomic E-state index is 0.214. The predicted molar refractivity (Wildman–Crippen MR) is 60.6 cm³/mol. The third kappa shape index (κ3) is 3.61. The van der Waals surface area contributed by atoms with Gasteiger partial charge in [-0.3, -0.25) is 0 Å². The summed E-state index contributed by atoms with van der Waals surface area (Å²) in [5.41, 5.74) is 1.53. The average molecular weight is 204 g/mol. The van der Waals surface area contributed by atoms with Crippen molar-refractivity contribution in [2.24, 2.45) is 0 Å². The molecule has 1 rings (SSSR count). The van der Waals surface area contributed by atoms with Gasteiger partial charge in [0.2, 0.25) is 0 Å². The van der Waals surface area contributed by atoms with E-state index >= 15 is 0 Å². The zero-order valence-corrected chi connectivity index (χ0v) is 8.90. The van der Waals surface area contributed by atoms with E-state index in [-0.39, 0.29) is 12.6 Å². The summed E-state index contributed by atoms with van der Waals surface area (Å²) in [5, 5.41) is 20.8. The van der Waals surface area contributed by atoms with E-state index in [9.17, 15) is 0 Å². The molecule has 2 N–H and O–H groups in total. The molecule has 0 saturated carbocycles. The molecular weight excluding hydrogens is 188 g/mol. The lowest BCUT2D eigenvalue weighted by molar-refractivity contribution is 0.282.